The second kappa shape index (κ2) is 5.06. The van der Waals surface area contributed by atoms with Crippen molar-refractivity contribution in [1.82, 2.24) is 5.32 Å². The zero-order valence-electron chi connectivity index (χ0n) is 10.4. The molecule has 0 heterocycles. The quantitative estimate of drug-likeness (QED) is 0.610. The fraction of sp³-hybridized carbons (Fsp3) is 0.667. The minimum absolute atomic E-state index is 0.0404. The highest BCUT2D eigenvalue weighted by Crippen LogP contribution is 2.30. The molecule has 1 aromatic carbocycles. The van der Waals surface area contributed by atoms with E-state index in [9.17, 15) is 4.79 Å². The van der Waals surface area contributed by atoms with E-state index in [1.807, 2.05) is 27.8 Å². The van der Waals surface area contributed by atoms with Crippen LogP contribution in [-0.2, 0) is 5.41 Å². The van der Waals surface area contributed by atoms with Gasteiger partial charge in [0.25, 0.3) is 0 Å². The molecule has 0 spiro atoms. The topological polar surface area (TPSA) is 41.1 Å². The molecule has 1 aromatic rings. The van der Waals surface area contributed by atoms with Crippen LogP contribution in [0.5, 0.6) is 0 Å². The molecule has 0 aliphatic carbocycles. The van der Waals surface area contributed by atoms with Gasteiger partial charge in [-0.3, -0.25) is 4.79 Å². The summed E-state index contributed by atoms with van der Waals surface area (Å²) >= 11 is 5.07. The Morgan fingerprint density at radius 1 is 1.25 bits per heavy atom. The Labute approximate surface area is 102 Å². The van der Waals surface area contributed by atoms with Gasteiger partial charge in [-0.1, -0.05) is 33.0 Å². The van der Waals surface area contributed by atoms with Gasteiger partial charge in [-0.25, -0.2) is 0 Å². The minimum Gasteiger partial charge on any atom is -0.383 e. The van der Waals surface area contributed by atoms with Crippen LogP contribution in [-0.4, -0.2) is 20.1 Å². The lowest BCUT2D eigenvalue weighted by Crippen LogP contribution is -2.31. The molecular formula is C12H20N2OS. The zero-order chi connectivity index (χ0) is 12.3. The summed E-state index contributed by atoms with van der Waals surface area (Å²) in [6, 6.07) is 0. The van der Waals surface area contributed by atoms with Gasteiger partial charge in [0.15, 0.2) is 0 Å². The molecule has 0 aromatic heterocycles. The first-order chi connectivity index (χ1) is 7.39. The summed E-state index contributed by atoms with van der Waals surface area (Å²) in [5.74, 6) is 0. The van der Waals surface area contributed by atoms with Gasteiger partial charge in [0, 0.05) is 12.1 Å². The maximum Gasteiger partial charge on any atom is 0.204 e. The fourth-order valence-electron chi connectivity index (χ4n) is 1.75. The maximum atomic E-state index is 11.7. The predicted molar refractivity (Wildman–Crippen MR) is 71.7 cm³/mol. The van der Waals surface area contributed by atoms with E-state index >= 15 is 0 Å². The number of hydrogen-bond donors (Lipinski definition) is 2. The Balaban J connectivity index is 2.71. The molecule has 0 amide bonds. The molecule has 1 rings (SSSR count). The van der Waals surface area contributed by atoms with Crippen LogP contribution >= 0.6 is 12.2 Å². The van der Waals surface area contributed by atoms with E-state index in [0.29, 0.717) is 4.51 Å². The first kappa shape index (κ1) is 13.3. The van der Waals surface area contributed by atoms with Crippen molar-refractivity contribution in [2.75, 3.05) is 25.5 Å². The van der Waals surface area contributed by atoms with Crippen LogP contribution in [0.15, 0.2) is 4.79 Å². The zero-order valence-corrected chi connectivity index (χ0v) is 11.3. The third-order valence-corrected chi connectivity index (χ3v) is 2.96. The molecule has 0 unspecified atom stereocenters. The second-order valence-electron chi connectivity index (χ2n) is 5.04. The molecule has 16 heavy (non-hydrogen) atoms. The van der Waals surface area contributed by atoms with Gasteiger partial charge in [-0.2, -0.15) is 0 Å². The molecule has 0 aliphatic rings. The first-order valence-corrected chi connectivity index (χ1v) is 6.02. The van der Waals surface area contributed by atoms with Crippen LogP contribution in [0.2, 0.25) is 0 Å². The molecule has 3 nitrogen and oxygen atoms in total. The second-order valence-corrected chi connectivity index (χ2v) is 5.45. The SMILES string of the molecule is CNCCCNc1c(C(C)(C)C)c(=O)c1=S. The average molecular weight is 240 g/mol. The Morgan fingerprint density at radius 2 is 1.88 bits per heavy atom. The van der Waals surface area contributed by atoms with Crippen molar-refractivity contribution in [2.24, 2.45) is 0 Å². The maximum absolute atomic E-state index is 11.7. The number of anilines is 1. The molecular weight excluding hydrogens is 220 g/mol. The largest absolute Gasteiger partial charge is 0.383 e. The van der Waals surface area contributed by atoms with Crippen LogP contribution in [0.4, 0.5) is 5.69 Å². The van der Waals surface area contributed by atoms with Gasteiger partial charge in [-0.15, -0.1) is 0 Å². The average Bonchev–Trinajstić information content (AvgIpc) is 2.19. The highest BCUT2D eigenvalue weighted by molar-refractivity contribution is 7.71. The van der Waals surface area contributed by atoms with E-state index in [1.165, 1.54) is 0 Å². The fourth-order valence-corrected chi connectivity index (χ4v) is 2.03. The molecule has 0 atom stereocenters. The van der Waals surface area contributed by atoms with E-state index in [-0.39, 0.29) is 10.8 Å². The lowest BCUT2D eigenvalue weighted by Gasteiger charge is -2.25. The van der Waals surface area contributed by atoms with E-state index in [0.717, 1.165) is 30.8 Å². The summed E-state index contributed by atoms with van der Waals surface area (Å²) in [5, 5.41) is 6.35. The number of rotatable bonds is 5. The molecule has 90 valence electrons. The monoisotopic (exact) mass is 240 g/mol. The van der Waals surface area contributed by atoms with Crippen LogP contribution in [0.25, 0.3) is 0 Å². The Morgan fingerprint density at radius 3 is 2.38 bits per heavy atom. The highest BCUT2D eigenvalue weighted by atomic mass is 32.1. The molecule has 0 radical (unpaired) electrons. The molecule has 4 heteroatoms. The standard InChI is InChI=1S/C12H20N2OS/c1-12(2,3)8-9(11(16)10(8)15)14-7-5-6-13-4/h13-14H,5-7H2,1-4H3. The summed E-state index contributed by atoms with van der Waals surface area (Å²) < 4.78 is 0.467. The van der Waals surface area contributed by atoms with E-state index < -0.39 is 0 Å². The van der Waals surface area contributed by atoms with E-state index in [1.54, 1.807) is 0 Å². The first-order valence-electron chi connectivity index (χ1n) is 5.62. The summed E-state index contributed by atoms with van der Waals surface area (Å²) in [7, 11) is 1.93. The van der Waals surface area contributed by atoms with Gasteiger partial charge in [0.1, 0.15) is 4.51 Å². The van der Waals surface area contributed by atoms with Crippen molar-refractivity contribution >= 4 is 17.9 Å². The third kappa shape index (κ3) is 2.68. The molecule has 2 N–H and O–H groups in total. The van der Waals surface area contributed by atoms with Crippen molar-refractivity contribution < 1.29 is 0 Å². The molecule has 0 saturated heterocycles. The van der Waals surface area contributed by atoms with Gasteiger partial charge in [0.2, 0.25) is 5.43 Å². The van der Waals surface area contributed by atoms with Crippen molar-refractivity contribution in [1.29, 1.82) is 0 Å². The minimum atomic E-state index is -0.120. The lowest BCUT2D eigenvalue weighted by molar-refractivity contribution is 0.581. The van der Waals surface area contributed by atoms with Gasteiger partial charge < -0.3 is 10.6 Å². The van der Waals surface area contributed by atoms with Crippen LogP contribution < -0.4 is 16.1 Å². The van der Waals surface area contributed by atoms with Crippen molar-refractivity contribution in [3.63, 3.8) is 0 Å². The number of hydrogen-bond acceptors (Lipinski definition) is 4. The summed E-state index contributed by atoms with van der Waals surface area (Å²) in [5.41, 5.74) is 1.66. The Hall–Kier alpha value is -0.740. The molecule has 0 saturated carbocycles. The summed E-state index contributed by atoms with van der Waals surface area (Å²) in [6.07, 6.45) is 1.02. The van der Waals surface area contributed by atoms with Crippen LogP contribution in [0, 0.1) is 4.51 Å². The summed E-state index contributed by atoms with van der Waals surface area (Å²) in [4.78, 5) is 11.7. The van der Waals surface area contributed by atoms with Gasteiger partial charge in [-0.05, 0) is 25.4 Å². The molecule has 0 bridgehead atoms. The smallest absolute Gasteiger partial charge is 0.204 e. The molecule has 0 fully saturated rings. The van der Waals surface area contributed by atoms with Crippen molar-refractivity contribution in [3.8, 4) is 0 Å². The normalized spacial score (nSPS) is 12.0. The van der Waals surface area contributed by atoms with Crippen LogP contribution in [0.3, 0.4) is 0 Å². The third-order valence-electron chi connectivity index (χ3n) is 2.57. The highest BCUT2D eigenvalue weighted by Gasteiger charge is 2.27. The van der Waals surface area contributed by atoms with Gasteiger partial charge >= 0.3 is 0 Å². The van der Waals surface area contributed by atoms with E-state index in [4.69, 9.17) is 12.2 Å². The van der Waals surface area contributed by atoms with Crippen molar-refractivity contribution in [3.05, 3.63) is 20.3 Å². The number of nitrogens with one attached hydrogen (secondary N) is 2. The summed E-state index contributed by atoms with van der Waals surface area (Å²) in [6.45, 7) is 7.93. The predicted octanol–water partition coefficient (Wildman–Crippen LogP) is 1.97. The lowest BCUT2D eigenvalue weighted by atomic mass is 9.82. The Bertz CT molecular complexity index is 425. The van der Waals surface area contributed by atoms with E-state index in [2.05, 4.69) is 10.6 Å². The molecule has 0 aliphatic heterocycles. The van der Waals surface area contributed by atoms with Gasteiger partial charge in [0.05, 0.1) is 5.69 Å². The van der Waals surface area contributed by atoms with Crippen molar-refractivity contribution in [2.45, 2.75) is 32.6 Å². The Kier molecular flexibility index (Phi) is 4.21. The van der Waals surface area contributed by atoms with Crippen LogP contribution in [0.1, 0.15) is 32.8 Å².